The summed E-state index contributed by atoms with van der Waals surface area (Å²) in [5, 5.41) is 2.48. The van der Waals surface area contributed by atoms with Crippen LogP contribution in [-0.4, -0.2) is 24.2 Å². The summed E-state index contributed by atoms with van der Waals surface area (Å²) in [6, 6.07) is 6.73. The molecule has 0 unspecified atom stereocenters. The van der Waals surface area contributed by atoms with Crippen LogP contribution in [0.2, 0.25) is 19.6 Å². The van der Waals surface area contributed by atoms with Gasteiger partial charge in [-0.25, -0.2) is 0 Å². The second-order valence-electron chi connectivity index (χ2n) is 6.20. The molecule has 1 rings (SSSR count). The van der Waals surface area contributed by atoms with Gasteiger partial charge in [-0.2, -0.15) is 0 Å². The van der Waals surface area contributed by atoms with Gasteiger partial charge in [0.25, 0.3) is 0 Å². The van der Waals surface area contributed by atoms with Gasteiger partial charge in [-0.05, 0) is 0 Å². The van der Waals surface area contributed by atoms with E-state index in [-0.39, 0.29) is 4.02 Å². The summed E-state index contributed by atoms with van der Waals surface area (Å²) in [4.78, 5) is 12.2. The summed E-state index contributed by atoms with van der Waals surface area (Å²) in [5.41, 5.74) is 3.37. The van der Waals surface area contributed by atoms with Crippen LogP contribution in [0.25, 0.3) is 0 Å². The number of rotatable bonds is 4. The Balaban J connectivity index is 2.94. The summed E-state index contributed by atoms with van der Waals surface area (Å²) in [6.07, 6.45) is -2.89. The van der Waals surface area contributed by atoms with Crippen LogP contribution in [0.4, 0.5) is 13.2 Å². The molecule has 0 radical (unpaired) electrons. The van der Waals surface area contributed by atoms with Gasteiger partial charge >= 0.3 is 158 Å². The van der Waals surface area contributed by atoms with Crippen LogP contribution < -0.4 is 5.32 Å². The van der Waals surface area contributed by atoms with Crippen LogP contribution in [-0.2, 0) is 19.4 Å². The van der Waals surface area contributed by atoms with Crippen molar-refractivity contribution in [1.29, 1.82) is 0 Å². The fourth-order valence-corrected chi connectivity index (χ4v) is 2.92. The van der Waals surface area contributed by atoms with Gasteiger partial charge in [0.2, 0.25) is 0 Å². The van der Waals surface area contributed by atoms with Gasteiger partial charge < -0.3 is 0 Å². The predicted octanol–water partition coefficient (Wildman–Crippen LogP) is 4.00. The number of amides is 1. The zero-order chi connectivity index (χ0) is 19.3. The first-order valence-corrected chi connectivity index (χ1v) is 12.3. The van der Waals surface area contributed by atoms with Crippen molar-refractivity contribution < 1.29 is 37.3 Å². The van der Waals surface area contributed by atoms with Crippen LogP contribution in [0.5, 0.6) is 0 Å². The van der Waals surface area contributed by atoms with E-state index in [1.807, 2.05) is 0 Å². The Morgan fingerprint density at radius 2 is 1.96 bits per heavy atom. The van der Waals surface area contributed by atoms with Crippen molar-refractivity contribution in [3.63, 3.8) is 0 Å². The zero-order valence-electron chi connectivity index (χ0n) is 14.1. The number of hydrogen-bond donors (Lipinski definition) is 1. The molecule has 25 heavy (non-hydrogen) atoms. The Morgan fingerprint density at radius 1 is 1.32 bits per heavy atom. The Hall–Kier alpha value is -1.70. The number of nitrogens with one attached hydrogen (secondary N) is 1. The third kappa shape index (κ3) is 7.81. The Labute approximate surface area is 157 Å². The first-order valence-electron chi connectivity index (χ1n) is 7.32. The fraction of sp³-hybridized carbons (Fsp3) is 0.222. The van der Waals surface area contributed by atoms with Gasteiger partial charge in [-0.3, -0.25) is 0 Å². The van der Waals surface area contributed by atoms with E-state index >= 15 is 0 Å². The SMILES string of the molecule is C=C/C(=C\[C](=[W])NC(=O)c1cccc(C#C[Si](C)(C)C)c1)C(F)(F)F. The average Bonchev–Trinajstić information content (AvgIpc) is 2.49. The fourth-order valence-electron chi connectivity index (χ4n) is 1.62. The molecule has 7 heteroatoms. The molecule has 0 heterocycles. The average molecular weight is 533 g/mol. The molecule has 1 aromatic carbocycles. The standard InChI is InChI=1S/C18H18F3NOSi.W/c1-5-16(18(19,20)21)9-11-22-17(23)15-8-6-7-14(13-15)10-12-24(2,3)4;/h5-9,13H,1H2,2-4H3,(H,22,23);/b16-9+;. The summed E-state index contributed by atoms with van der Waals surface area (Å²) >= 11 is 0.710. The normalized spacial score (nSPS) is 12.0. The van der Waals surface area contributed by atoms with E-state index in [4.69, 9.17) is 0 Å². The van der Waals surface area contributed by atoms with Gasteiger partial charge in [0, 0.05) is 0 Å². The number of carbonyl (C=O) groups excluding carboxylic acids is 1. The van der Waals surface area contributed by atoms with Crippen molar-refractivity contribution in [2.75, 3.05) is 0 Å². The summed E-state index contributed by atoms with van der Waals surface area (Å²) in [7, 11) is -1.54. The molecular weight excluding hydrogens is 515 g/mol. The predicted molar refractivity (Wildman–Crippen MR) is 93.5 cm³/mol. The van der Waals surface area contributed by atoms with Gasteiger partial charge in [-0.15, -0.1) is 0 Å². The van der Waals surface area contributed by atoms with Gasteiger partial charge in [0.05, 0.1) is 0 Å². The second kappa shape index (κ2) is 8.60. The van der Waals surface area contributed by atoms with Crippen molar-refractivity contribution in [3.05, 3.63) is 59.7 Å². The van der Waals surface area contributed by atoms with Crippen LogP contribution in [0, 0.1) is 11.5 Å². The van der Waals surface area contributed by atoms with Crippen molar-refractivity contribution in [2.45, 2.75) is 25.8 Å². The summed E-state index contributed by atoms with van der Waals surface area (Å²) < 4.78 is 38.3. The van der Waals surface area contributed by atoms with E-state index in [0.29, 0.717) is 30.5 Å². The van der Waals surface area contributed by atoms with E-state index in [2.05, 4.69) is 43.0 Å². The van der Waals surface area contributed by atoms with E-state index in [9.17, 15) is 18.0 Å². The van der Waals surface area contributed by atoms with Crippen LogP contribution >= 0.6 is 0 Å². The molecule has 1 aromatic rings. The van der Waals surface area contributed by atoms with E-state index in [0.717, 1.165) is 12.2 Å². The van der Waals surface area contributed by atoms with Crippen LogP contribution in [0.1, 0.15) is 15.9 Å². The molecule has 0 saturated heterocycles. The molecular formula is C18H18F3NOSiW. The van der Waals surface area contributed by atoms with Gasteiger partial charge in [-0.1, -0.05) is 0 Å². The van der Waals surface area contributed by atoms with Gasteiger partial charge in [0.15, 0.2) is 0 Å². The number of halogens is 3. The molecule has 0 aromatic heterocycles. The first kappa shape index (κ1) is 21.3. The quantitative estimate of drug-likeness (QED) is 0.354. The Morgan fingerprint density at radius 3 is 2.48 bits per heavy atom. The molecule has 0 bridgehead atoms. The second-order valence-corrected chi connectivity index (χ2v) is 12.5. The summed E-state index contributed by atoms with van der Waals surface area (Å²) in [5.74, 6) is 2.58. The molecule has 0 aliphatic rings. The van der Waals surface area contributed by atoms with E-state index in [1.54, 1.807) is 24.3 Å². The number of hydrogen-bond acceptors (Lipinski definition) is 1. The van der Waals surface area contributed by atoms with Crippen LogP contribution in [0.15, 0.2) is 48.6 Å². The van der Waals surface area contributed by atoms with Crippen molar-refractivity contribution >= 4 is 18.0 Å². The number of alkyl halides is 3. The third-order valence-corrected chi connectivity index (χ3v) is 4.44. The van der Waals surface area contributed by atoms with Crippen LogP contribution in [0.3, 0.4) is 0 Å². The molecule has 0 spiro atoms. The molecule has 2 nitrogen and oxygen atoms in total. The molecule has 0 fully saturated rings. The maximum absolute atomic E-state index is 12.7. The molecule has 0 aliphatic heterocycles. The molecule has 0 atom stereocenters. The van der Waals surface area contributed by atoms with Crippen molar-refractivity contribution in [2.24, 2.45) is 0 Å². The maximum atomic E-state index is 12.7. The Bertz CT molecular complexity index is 780. The first-order chi connectivity index (χ1) is 11.4. The van der Waals surface area contributed by atoms with Crippen molar-refractivity contribution in [1.82, 2.24) is 5.32 Å². The monoisotopic (exact) mass is 533 g/mol. The molecule has 0 saturated carbocycles. The van der Waals surface area contributed by atoms with Crippen molar-refractivity contribution in [3.8, 4) is 11.5 Å². The Kier molecular flexibility index (Phi) is 7.34. The zero-order valence-corrected chi connectivity index (χ0v) is 18.1. The molecule has 132 valence electrons. The molecule has 1 N–H and O–H groups in total. The molecule has 0 aliphatic carbocycles. The summed E-state index contributed by atoms with van der Waals surface area (Å²) in [6.45, 7) is 9.49. The van der Waals surface area contributed by atoms with Gasteiger partial charge in [0.1, 0.15) is 0 Å². The minimum absolute atomic E-state index is 0.163. The number of allylic oxidation sites excluding steroid dienone is 2. The topological polar surface area (TPSA) is 29.1 Å². The molecule has 1 amide bonds. The van der Waals surface area contributed by atoms with E-state index < -0.39 is 25.7 Å². The van der Waals surface area contributed by atoms with E-state index in [1.165, 1.54) is 0 Å². The number of carbonyl (C=O) groups is 1. The number of benzene rings is 1. The minimum atomic E-state index is -4.50. The third-order valence-electron chi connectivity index (χ3n) is 2.78.